The Morgan fingerprint density at radius 3 is 2.60 bits per heavy atom. The summed E-state index contributed by atoms with van der Waals surface area (Å²) in [7, 11) is 0. The molecule has 1 heterocycles. The van der Waals surface area contributed by atoms with E-state index in [-0.39, 0.29) is 11.8 Å². The largest absolute Gasteiger partial charge is 0.350 e. The number of carbonyl (C=O) groups excluding carboxylic acids is 2. The summed E-state index contributed by atoms with van der Waals surface area (Å²) in [5.74, 6) is -0.0624. The van der Waals surface area contributed by atoms with Crippen LogP contribution in [0.25, 0.3) is 0 Å². The first-order valence-corrected chi connectivity index (χ1v) is 8.87. The van der Waals surface area contributed by atoms with Gasteiger partial charge in [0.05, 0.1) is 0 Å². The lowest BCUT2D eigenvalue weighted by Crippen LogP contribution is -2.45. The molecule has 2 aromatic rings. The first-order valence-electron chi connectivity index (χ1n) is 8.49. The molecule has 0 spiro atoms. The van der Waals surface area contributed by atoms with Crippen molar-refractivity contribution in [2.75, 3.05) is 6.54 Å². The number of carbonyl (C=O) groups is 2. The van der Waals surface area contributed by atoms with E-state index in [1.807, 2.05) is 48.5 Å². The number of rotatable bonds is 6. The average Bonchev–Trinajstić information content (AvgIpc) is 3.00. The number of nitrogens with one attached hydrogen (secondary N) is 1. The molecule has 4 nitrogen and oxygen atoms in total. The highest BCUT2D eigenvalue weighted by molar-refractivity contribution is 6.31. The molecule has 1 aliphatic rings. The van der Waals surface area contributed by atoms with Crippen LogP contribution in [-0.2, 0) is 22.6 Å². The molecule has 5 heteroatoms. The molecule has 1 aliphatic heterocycles. The Balaban J connectivity index is 1.58. The van der Waals surface area contributed by atoms with Gasteiger partial charge in [-0.1, -0.05) is 60.1 Å². The maximum atomic E-state index is 12.5. The highest BCUT2D eigenvalue weighted by Gasteiger charge is 2.35. The third-order valence-corrected chi connectivity index (χ3v) is 4.89. The van der Waals surface area contributed by atoms with Crippen molar-refractivity contribution in [1.82, 2.24) is 10.2 Å². The second kappa shape index (κ2) is 8.17. The second-order valence-corrected chi connectivity index (χ2v) is 6.59. The van der Waals surface area contributed by atoms with Crippen LogP contribution in [0.3, 0.4) is 0 Å². The summed E-state index contributed by atoms with van der Waals surface area (Å²) >= 11 is 6.12. The van der Waals surface area contributed by atoms with Crippen molar-refractivity contribution in [2.24, 2.45) is 0 Å². The Kier molecular flexibility index (Phi) is 5.71. The molecular weight excluding hydrogens is 336 g/mol. The monoisotopic (exact) mass is 356 g/mol. The van der Waals surface area contributed by atoms with Gasteiger partial charge in [-0.05, 0) is 30.0 Å². The Labute approximate surface area is 152 Å². The average molecular weight is 357 g/mol. The first kappa shape index (κ1) is 17.5. The minimum absolute atomic E-state index is 0.0498. The van der Waals surface area contributed by atoms with Crippen molar-refractivity contribution in [3.8, 4) is 0 Å². The van der Waals surface area contributed by atoms with Crippen LogP contribution in [0.2, 0.25) is 5.02 Å². The third kappa shape index (κ3) is 4.40. The zero-order chi connectivity index (χ0) is 17.6. The number of likely N-dealkylation sites (tertiary alicyclic amines) is 1. The lowest BCUT2D eigenvalue weighted by molar-refractivity contribution is -0.135. The molecule has 130 valence electrons. The summed E-state index contributed by atoms with van der Waals surface area (Å²) in [4.78, 5) is 26.4. The molecule has 0 saturated carbocycles. The van der Waals surface area contributed by atoms with Gasteiger partial charge in [-0.15, -0.1) is 0 Å². The van der Waals surface area contributed by atoms with Crippen molar-refractivity contribution in [2.45, 2.75) is 31.8 Å². The van der Waals surface area contributed by atoms with Crippen LogP contribution in [0, 0.1) is 0 Å². The van der Waals surface area contributed by atoms with Gasteiger partial charge in [-0.2, -0.15) is 0 Å². The molecular formula is C20H21ClN2O2. The van der Waals surface area contributed by atoms with Gasteiger partial charge in [0.15, 0.2) is 0 Å². The molecule has 2 aromatic carbocycles. The first-order chi connectivity index (χ1) is 12.1. The van der Waals surface area contributed by atoms with Gasteiger partial charge in [-0.3, -0.25) is 9.59 Å². The van der Waals surface area contributed by atoms with E-state index < -0.39 is 6.04 Å². The van der Waals surface area contributed by atoms with E-state index in [0.29, 0.717) is 31.0 Å². The van der Waals surface area contributed by atoms with Gasteiger partial charge in [0, 0.05) is 24.5 Å². The SMILES string of the molecule is O=C(NCc1ccccc1Cl)C1CCC(=O)N1CCc1ccccc1. The van der Waals surface area contributed by atoms with E-state index in [9.17, 15) is 9.59 Å². The van der Waals surface area contributed by atoms with Gasteiger partial charge >= 0.3 is 0 Å². The standard InChI is InChI=1S/C20H21ClN2O2/c21-17-9-5-4-8-16(17)14-22-20(25)18-10-11-19(24)23(18)13-12-15-6-2-1-3-7-15/h1-9,18H,10-14H2,(H,22,25). The van der Waals surface area contributed by atoms with Gasteiger partial charge in [-0.25, -0.2) is 0 Å². The van der Waals surface area contributed by atoms with Gasteiger partial charge in [0.2, 0.25) is 11.8 Å². The fourth-order valence-corrected chi connectivity index (χ4v) is 3.33. The van der Waals surface area contributed by atoms with Crippen LogP contribution < -0.4 is 5.32 Å². The van der Waals surface area contributed by atoms with E-state index in [1.54, 1.807) is 11.0 Å². The van der Waals surface area contributed by atoms with Gasteiger partial charge < -0.3 is 10.2 Å². The smallest absolute Gasteiger partial charge is 0.243 e. The molecule has 0 bridgehead atoms. The molecule has 2 amide bonds. The van der Waals surface area contributed by atoms with Crippen LogP contribution in [0.15, 0.2) is 54.6 Å². The van der Waals surface area contributed by atoms with E-state index in [4.69, 9.17) is 11.6 Å². The highest BCUT2D eigenvalue weighted by atomic mass is 35.5. The quantitative estimate of drug-likeness (QED) is 0.864. The number of hydrogen-bond donors (Lipinski definition) is 1. The van der Waals surface area contributed by atoms with E-state index in [0.717, 1.165) is 17.5 Å². The lowest BCUT2D eigenvalue weighted by atomic mass is 10.1. The molecule has 0 radical (unpaired) electrons. The molecule has 1 atom stereocenters. The Morgan fingerprint density at radius 2 is 1.84 bits per heavy atom. The Bertz CT molecular complexity index is 748. The molecule has 25 heavy (non-hydrogen) atoms. The van der Waals surface area contributed by atoms with Crippen LogP contribution in [-0.4, -0.2) is 29.3 Å². The fraction of sp³-hybridized carbons (Fsp3) is 0.300. The van der Waals surface area contributed by atoms with Crippen molar-refractivity contribution in [1.29, 1.82) is 0 Å². The van der Waals surface area contributed by atoms with Crippen molar-refractivity contribution in [3.63, 3.8) is 0 Å². The van der Waals surface area contributed by atoms with Gasteiger partial charge in [0.25, 0.3) is 0 Å². The zero-order valence-corrected chi connectivity index (χ0v) is 14.7. The number of amides is 2. The number of nitrogens with zero attached hydrogens (tertiary/aromatic N) is 1. The summed E-state index contributed by atoms with van der Waals surface area (Å²) in [6, 6.07) is 17.0. The topological polar surface area (TPSA) is 49.4 Å². The fourth-order valence-electron chi connectivity index (χ4n) is 3.12. The molecule has 1 unspecified atom stereocenters. The van der Waals surface area contributed by atoms with Crippen molar-refractivity contribution < 1.29 is 9.59 Å². The Morgan fingerprint density at radius 1 is 1.12 bits per heavy atom. The lowest BCUT2D eigenvalue weighted by Gasteiger charge is -2.24. The molecule has 1 fully saturated rings. The number of halogens is 1. The number of hydrogen-bond acceptors (Lipinski definition) is 2. The summed E-state index contributed by atoms with van der Waals surface area (Å²) in [6.07, 6.45) is 1.75. The van der Waals surface area contributed by atoms with Crippen LogP contribution in [0.5, 0.6) is 0 Å². The summed E-state index contributed by atoms with van der Waals surface area (Å²) in [6.45, 7) is 0.933. The number of benzene rings is 2. The van der Waals surface area contributed by atoms with Crippen molar-refractivity contribution in [3.05, 3.63) is 70.7 Å². The van der Waals surface area contributed by atoms with E-state index >= 15 is 0 Å². The highest BCUT2D eigenvalue weighted by Crippen LogP contribution is 2.20. The molecule has 1 saturated heterocycles. The maximum Gasteiger partial charge on any atom is 0.243 e. The second-order valence-electron chi connectivity index (χ2n) is 6.19. The molecule has 3 rings (SSSR count). The minimum Gasteiger partial charge on any atom is -0.350 e. The van der Waals surface area contributed by atoms with E-state index in [1.165, 1.54) is 0 Å². The van der Waals surface area contributed by atoms with Crippen LogP contribution >= 0.6 is 11.6 Å². The normalized spacial score (nSPS) is 16.9. The summed E-state index contributed by atoms with van der Waals surface area (Å²) in [5, 5.41) is 3.54. The summed E-state index contributed by atoms with van der Waals surface area (Å²) in [5.41, 5.74) is 2.04. The Hall–Kier alpha value is -2.33. The minimum atomic E-state index is -0.390. The molecule has 0 aliphatic carbocycles. The maximum absolute atomic E-state index is 12.5. The third-order valence-electron chi connectivity index (χ3n) is 4.53. The zero-order valence-electron chi connectivity index (χ0n) is 14.0. The molecule has 0 aromatic heterocycles. The van der Waals surface area contributed by atoms with Crippen LogP contribution in [0.4, 0.5) is 0 Å². The van der Waals surface area contributed by atoms with Crippen LogP contribution in [0.1, 0.15) is 24.0 Å². The summed E-state index contributed by atoms with van der Waals surface area (Å²) < 4.78 is 0. The van der Waals surface area contributed by atoms with Crippen molar-refractivity contribution >= 4 is 23.4 Å². The molecule has 1 N–H and O–H groups in total. The predicted octanol–water partition coefficient (Wildman–Crippen LogP) is 3.19. The van der Waals surface area contributed by atoms with Gasteiger partial charge in [0.1, 0.15) is 6.04 Å². The predicted molar refractivity (Wildman–Crippen MR) is 98.2 cm³/mol. The van der Waals surface area contributed by atoms with E-state index in [2.05, 4.69) is 5.32 Å².